The Balaban J connectivity index is 1.70. The van der Waals surface area contributed by atoms with Gasteiger partial charge >= 0.3 is 0 Å². The molecule has 1 aliphatic rings. The number of carbonyl (C=O) groups excluding carboxylic acids is 1. The molecular formula is C22H27N5O. The van der Waals surface area contributed by atoms with E-state index in [1.54, 1.807) is 0 Å². The van der Waals surface area contributed by atoms with Gasteiger partial charge in [0, 0.05) is 11.9 Å². The van der Waals surface area contributed by atoms with Gasteiger partial charge in [0.15, 0.2) is 5.82 Å². The number of hydrogen-bond acceptors (Lipinski definition) is 4. The summed E-state index contributed by atoms with van der Waals surface area (Å²) in [6.45, 7) is 11.5. The quantitative estimate of drug-likeness (QED) is 0.692. The van der Waals surface area contributed by atoms with Crippen molar-refractivity contribution in [1.82, 2.24) is 24.6 Å². The van der Waals surface area contributed by atoms with Gasteiger partial charge in [-0.05, 0) is 51.3 Å². The topological polar surface area (TPSA) is 63.9 Å². The molecule has 146 valence electrons. The summed E-state index contributed by atoms with van der Waals surface area (Å²) in [4.78, 5) is 20.0. The lowest BCUT2D eigenvalue weighted by Gasteiger charge is -2.35. The number of nitrogens with zero attached hydrogens (tertiary/aromatic N) is 5. The zero-order valence-corrected chi connectivity index (χ0v) is 17.2. The van der Waals surface area contributed by atoms with Crippen molar-refractivity contribution >= 4 is 16.8 Å². The minimum Gasteiger partial charge on any atom is -0.329 e. The lowest BCUT2D eigenvalue weighted by atomic mass is 10.0. The Morgan fingerprint density at radius 3 is 2.71 bits per heavy atom. The summed E-state index contributed by atoms with van der Waals surface area (Å²) in [5.41, 5.74) is 3.53. The molecule has 0 spiro atoms. The highest BCUT2D eigenvalue weighted by Crippen LogP contribution is 2.29. The highest BCUT2D eigenvalue weighted by atomic mass is 16.2. The normalized spacial score (nSPS) is 16.6. The van der Waals surface area contributed by atoms with Crippen molar-refractivity contribution < 1.29 is 4.79 Å². The average molecular weight is 377 g/mol. The number of hydrogen-bond donors (Lipinski definition) is 0. The van der Waals surface area contributed by atoms with Crippen LogP contribution >= 0.6 is 0 Å². The van der Waals surface area contributed by atoms with Crippen LogP contribution in [0, 0.1) is 26.7 Å². The largest absolute Gasteiger partial charge is 0.329 e. The number of fused-ring (bicyclic) bond motifs is 2. The van der Waals surface area contributed by atoms with Crippen molar-refractivity contribution in [3.8, 4) is 0 Å². The zero-order chi connectivity index (χ0) is 20.0. The molecule has 1 aliphatic heterocycles. The first kappa shape index (κ1) is 18.6. The lowest BCUT2D eigenvalue weighted by Crippen LogP contribution is -2.42. The van der Waals surface area contributed by atoms with Crippen molar-refractivity contribution in [1.29, 1.82) is 0 Å². The van der Waals surface area contributed by atoms with Crippen LogP contribution in [0.1, 0.15) is 59.6 Å². The predicted molar refractivity (Wildman–Crippen MR) is 109 cm³/mol. The molecule has 2 aromatic heterocycles. The zero-order valence-electron chi connectivity index (χ0n) is 17.2. The van der Waals surface area contributed by atoms with Gasteiger partial charge in [0.25, 0.3) is 5.91 Å². The third-order valence-corrected chi connectivity index (χ3v) is 5.49. The van der Waals surface area contributed by atoms with E-state index < -0.39 is 0 Å². The molecule has 0 unspecified atom stereocenters. The fourth-order valence-electron chi connectivity index (χ4n) is 4.23. The molecule has 0 fully saturated rings. The molecule has 1 atom stereocenters. The van der Waals surface area contributed by atoms with Gasteiger partial charge in [-0.1, -0.05) is 25.5 Å². The third-order valence-electron chi connectivity index (χ3n) is 5.49. The molecule has 1 aromatic carbocycles. The van der Waals surface area contributed by atoms with Gasteiger partial charge in [0.1, 0.15) is 5.82 Å². The molecule has 0 N–H and O–H groups in total. The smallest absolute Gasteiger partial charge is 0.256 e. The maximum Gasteiger partial charge on any atom is 0.256 e. The summed E-state index contributed by atoms with van der Waals surface area (Å²) in [6, 6.07) is 8.33. The Bertz CT molecular complexity index is 1050. The Morgan fingerprint density at radius 1 is 1.18 bits per heavy atom. The second-order valence-corrected chi connectivity index (χ2v) is 8.32. The summed E-state index contributed by atoms with van der Waals surface area (Å²) in [5, 5.41) is 9.58. The van der Waals surface area contributed by atoms with Crippen molar-refractivity contribution in [3.05, 3.63) is 52.7 Å². The maximum absolute atomic E-state index is 13.4. The lowest BCUT2D eigenvalue weighted by molar-refractivity contribution is 0.0659. The minimum atomic E-state index is 0.0223. The number of benzene rings is 1. The summed E-state index contributed by atoms with van der Waals surface area (Å²) in [5.74, 6) is 2.34. The van der Waals surface area contributed by atoms with Gasteiger partial charge in [-0.25, -0.2) is 0 Å². The van der Waals surface area contributed by atoms with Crippen LogP contribution in [-0.2, 0) is 6.54 Å². The van der Waals surface area contributed by atoms with Crippen LogP contribution in [0.2, 0.25) is 0 Å². The average Bonchev–Trinajstić information content (AvgIpc) is 3.01. The second kappa shape index (κ2) is 7.00. The number of amides is 1. The minimum absolute atomic E-state index is 0.0223. The number of aryl methyl sites for hydroxylation is 3. The van der Waals surface area contributed by atoms with Gasteiger partial charge in [0.2, 0.25) is 0 Å². The van der Waals surface area contributed by atoms with Gasteiger partial charge in [-0.3, -0.25) is 9.78 Å². The second-order valence-electron chi connectivity index (χ2n) is 8.32. The molecule has 0 radical (unpaired) electrons. The molecule has 4 rings (SSSR count). The van der Waals surface area contributed by atoms with E-state index in [0.29, 0.717) is 24.6 Å². The number of pyridine rings is 1. The van der Waals surface area contributed by atoms with Crippen molar-refractivity contribution in [3.63, 3.8) is 0 Å². The summed E-state index contributed by atoms with van der Waals surface area (Å²) < 4.78 is 2.21. The molecule has 0 saturated heterocycles. The summed E-state index contributed by atoms with van der Waals surface area (Å²) in [7, 11) is 0. The van der Waals surface area contributed by atoms with Crippen LogP contribution in [0.5, 0.6) is 0 Å². The van der Waals surface area contributed by atoms with E-state index in [1.165, 1.54) is 0 Å². The first-order valence-electron chi connectivity index (χ1n) is 9.91. The van der Waals surface area contributed by atoms with Crippen LogP contribution in [0.25, 0.3) is 10.9 Å². The van der Waals surface area contributed by atoms with E-state index in [-0.39, 0.29) is 11.9 Å². The van der Waals surface area contributed by atoms with Crippen LogP contribution in [0.15, 0.2) is 24.3 Å². The van der Waals surface area contributed by atoms with Gasteiger partial charge in [0.05, 0.1) is 29.4 Å². The van der Waals surface area contributed by atoms with E-state index in [0.717, 1.165) is 40.2 Å². The fourth-order valence-corrected chi connectivity index (χ4v) is 4.23. The SMILES string of the molecule is Cc1ccc2nc(C)c(C(=O)N3Cc4nnc(C)n4[C@@H](CC(C)C)C3)cc2c1. The van der Waals surface area contributed by atoms with Crippen LogP contribution < -0.4 is 0 Å². The standard InChI is InChI=1S/C22H27N5O/c1-13(2)8-18-11-26(12-21-25-24-16(5)27(18)21)22(28)19-10-17-9-14(3)6-7-20(17)23-15(19)4/h6-7,9-10,13,18H,8,11-12H2,1-5H3/t18-/m0/s1. The van der Waals surface area contributed by atoms with Gasteiger partial charge in [-0.15, -0.1) is 10.2 Å². The number of carbonyl (C=O) groups is 1. The molecule has 0 saturated carbocycles. The monoisotopic (exact) mass is 377 g/mol. The predicted octanol–water partition coefficient (Wildman–Crippen LogP) is 3.99. The number of aromatic nitrogens is 4. The van der Waals surface area contributed by atoms with E-state index >= 15 is 0 Å². The Kier molecular flexibility index (Phi) is 4.65. The fraction of sp³-hybridized carbons (Fsp3) is 0.455. The third kappa shape index (κ3) is 3.28. The molecule has 0 bridgehead atoms. The Morgan fingerprint density at radius 2 is 1.96 bits per heavy atom. The molecule has 3 aromatic rings. The first-order valence-corrected chi connectivity index (χ1v) is 9.91. The van der Waals surface area contributed by atoms with E-state index in [4.69, 9.17) is 0 Å². The molecular weight excluding hydrogens is 350 g/mol. The molecule has 6 heteroatoms. The molecule has 6 nitrogen and oxygen atoms in total. The van der Waals surface area contributed by atoms with Crippen molar-refractivity contribution in [2.75, 3.05) is 6.54 Å². The van der Waals surface area contributed by atoms with Gasteiger partial charge in [-0.2, -0.15) is 0 Å². The van der Waals surface area contributed by atoms with Crippen LogP contribution in [-0.4, -0.2) is 37.1 Å². The Labute approximate surface area is 165 Å². The summed E-state index contributed by atoms with van der Waals surface area (Å²) in [6.07, 6.45) is 0.990. The van der Waals surface area contributed by atoms with E-state index in [9.17, 15) is 4.79 Å². The van der Waals surface area contributed by atoms with Crippen LogP contribution in [0.3, 0.4) is 0 Å². The summed E-state index contributed by atoms with van der Waals surface area (Å²) >= 11 is 0. The maximum atomic E-state index is 13.4. The van der Waals surface area contributed by atoms with Crippen molar-refractivity contribution in [2.24, 2.45) is 5.92 Å². The van der Waals surface area contributed by atoms with E-state index in [1.807, 2.05) is 36.9 Å². The van der Waals surface area contributed by atoms with Crippen molar-refractivity contribution in [2.45, 2.75) is 53.6 Å². The molecule has 28 heavy (non-hydrogen) atoms. The molecule has 0 aliphatic carbocycles. The highest BCUT2D eigenvalue weighted by Gasteiger charge is 2.32. The molecule has 3 heterocycles. The Hall–Kier alpha value is -2.76. The molecule has 1 amide bonds. The first-order chi connectivity index (χ1) is 13.3. The van der Waals surface area contributed by atoms with E-state index in [2.05, 4.69) is 46.6 Å². The van der Waals surface area contributed by atoms with Crippen LogP contribution in [0.4, 0.5) is 0 Å². The van der Waals surface area contributed by atoms with Gasteiger partial charge < -0.3 is 9.47 Å². The highest BCUT2D eigenvalue weighted by molar-refractivity contribution is 5.98. The number of rotatable bonds is 3.